The van der Waals surface area contributed by atoms with E-state index in [4.69, 9.17) is 0 Å². The zero-order valence-corrected chi connectivity index (χ0v) is 13.8. The second kappa shape index (κ2) is 7.05. The second-order valence-corrected chi connectivity index (χ2v) is 6.57. The molecule has 4 nitrogen and oxygen atoms in total. The first kappa shape index (κ1) is 16.0. The van der Waals surface area contributed by atoms with E-state index in [1.54, 1.807) is 4.90 Å². The molecule has 0 aliphatic carbocycles. The van der Waals surface area contributed by atoms with Crippen molar-refractivity contribution < 1.29 is 14.6 Å². The standard InChI is InChI=1S/C17H27N3O/c1-13-6-5-7-14(2)17(13)18-16(21)12-20(4)15-8-10-19(3)11-9-15/h5-7,15H,8-12H2,1-4H3,(H,18,21)/p+2. The highest BCUT2D eigenvalue weighted by molar-refractivity contribution is 5.93. The minimum absolute atomic E-state index is 0.121. The molecule has 0 aromatic heterocycles. The summed E-state index contributed by atoms with van der Waals surface area (Å²) in [7, 11) is 4.40. The van der Waals surface area contributed by atoms with Gasteiger partial charge in [0.05, 0.1) is 33.2 Å². The van der Waals surface area contributed by atoms with Gasteiger partial charge in [-0.25, -0.2) is 0 Å². The Labute approximate surface area is 128 Å². The molecule has 1 saturated heterocycles. The number of hydrogen-bond donors (Lipinski definition) is 3. The highest BCUT2D eigenvalue weighted by atomic mass is 16.2. The summed E-state index contributed by atoms with van der Waals surface area (Å²) >= 11 is 0. The Kier molecular flexibility index (Phi) is 5.37. The normalized spacial score (nSPS) is 23.6. The second-order valence-electron chi connectivity index (χ2n) is 6.57. The first-order valence-corrected chi connectivity index (χ1v) is 7.97. The van der Waals surface area contributed by atoms with Gasteiger partial charge in [-0.1, -0.05) is 18.2 Å². The molecule has 1 aliphatic rings. The van der Waals surface area contributed by atoms with E-state index >= 15 is 0 Å². The molecule has 2 rings (SSSR count). The van der Waals surface area contributed by atoms with Crippen molar-refractivity contribution in [3.63, 3.8) is 0 Å². The zero-order valence-electron chi connectivity index (χ0n) is 13.8. The third kappa shape index (κ3) is 4.29. The number of para-hydroxylation sites is 1. The number of hydrogen-bond acceptors (Lipinski definition) is 1. The summed E-state index contributed by atoms with van der Waals surface area (Å²) in [6, 6.07) is 6.73. The third-order valence-corrected chi connectivity index (χ3v) is 4.72. The van der Waals surface area contributed by atoms with Crippen LogP contribution in [0.3, 0.4) is 0 Å². The molecule has 1 aromatic carbocycles. The van der Waals surface area contributed by atoms with E-state index in [0.717, 1.165) is 16.8 Å². The molecule has 116 valence electrons. The van der Waals surface area contributed by atoms with Crippen LogP contribution >= 0.6 is 0 Å². The van der Waals surface area contributed by atoms with Gasteiger partial charge in [0, 0.05) is 18.5 Å². The highest BCUT2D eigenvalue weighted by Crippen LogP contribution is 2.18. The van der Waals surface area contributed by atoms with Gasteiger partial charge < -0.3 is 15.1 Å². The number of amides is 1. The maximum absolute atomic E-state index is 12.3. The minimum Gasteiger partial charge on any atom is -0.337 e. The molecular weight excluding hydrogens is 262 g/mol. The topological polar surface area (TPSA) is 38.0 Å². The van der Waals surface area contributed by atoms with Crippen molar-refractivity contribution in [2.24, 2.45) is 0 Å². The van der Waals surface area contributed by atoms with E-state index in [-0.39, 0.29) is 5.91 Å². The number of carbonyl (C=O) groups is 1. The number of anilines is 1. The van der Waals surface area contributed by atoms with Crippen LogP contribution in [0.2, 0.25) is 0 Å². The van der Waals surface area contributed by atoms with Gasteiger partial charge in [0.1, 0.15) is 0 Å². The lowest BCUT2D eigenvalue weighted by atomic mass is 10.0. The smallest absolute Gasteiger partial charge is 0.279 e. The first-order chi connectivity index (χ1) is 9.97. The van der Waals surface area contributed by atoms with E-state index in [2.05, 4.69) is 19.4 Å². The average molecular weight is 291 g/mol. The number of rotatable bonds is 4. The molecule has 1 aliphatic heterocycles. The number of benzene rings is 1. The van der Waals surface area contributed by atoms with Crippen LogP contribution in [0.5, 0.6) is 0 Å². The highest BCUT2D eigenvalue weighted by Gasteiger charge is 2.27. The molecule has 21 heavy (non-hydrogen) atoms. The van der Waals surface area contributed by atoms with Crippen molar-refractivity contribution in [1.29, 1.82) is 0 Å². The molecule has 4 heteroatoms. The predicted octanol–water partition coefficient (Wildman–Crippen LogP) is -0.566. The van der Waals surface area contributed by atoms with Crippen molar-refractivity contribution in [3.05, 3.63) is 29.3 Å². The van der Waals surface area contributed by atoms with Gasteiger partial charge in [-0.15, -0.1) is 0 Å². The van der Waals surface area contributed by atoms with Crippen LogP contribution in [0, 0.1) is 13.8 Å². The number of likely N-dealkylation sites (tertiary alicyclic amines) is 1. The van der Waals surface area contributed by atoms with E-state index in [9.17, 15) is 4.79 Å². The van der Waals surface area contributed by atoms with Crippen molar-refractivity contribution in [3.8, 4) is 0 Å². The number of aryl methyl sites for hydroxylation is 2. The lowest BCUT2D eigenvalue weighted by Gasteiger charge is -2.30. The Hall–Kier alpha value is -1.39. The number of quaternary nitrogens is 2. The van der Waals surface area contributed by atoms with Crippen molar-refractivity contribution in [2.45, 2.75) is 32.7 Å². The zero-order chi connectivity index (χ0) is 15.4. The Bertz CT molecular complexity index is 473. The summed E-state index contributed by atoms with van der Waals surface area (Å²) < 4.78 is 0. The fraction of sp³-hybridized carbons (Fsp3) is 0.588. The van der Waals surface area contributed by atoms with Gasteiger partial charge in [-0.3, -0.25) is 4.79 Å². The predicted molar refractivity (Wildman–Crippen MR) is 85.9 cm³/mol. The van der Waals surface area contributed by atoms with Gasteiger partial charge in [0.15, 0.2) is 6.54 Å². The number of carbonyl (C=O) groups excluding carboxylic acids is 1. The Morgan fingerprint density at radius 3 is 2.43 bits per heavy atom. The molecule has 1 fully saturated rings. The molecule has 0 radical (unpaired) electrons. The fourth-order valence-corrected chi connectivity index (χ4v) is 3.20. The lowest BCUT2D eigenvalue weighted by Crippen LogP contribution is -3.18. The van der Waals surface area contributed by atoms with Gasteiger partial charge in [0.2, 0.25) is 0 Å². The van der Waals surface area contributed by atoms with E-state index in [1.165, 1.54) is 30.8 Å². The van der Waals surface area contributed by atoms with Crippen LogP contribution in [-0.2, 0) is 4.79 Å². The largest absolute Gasteiger partial charge is 0.337 e. The van der Waals surface area contributed by atoms with Gasteiger partial charge >= 0.3 is 0 Å². The molecular formula is C17H29N3O+2. The Morgan fingerprint density at radius 2 is 1.86 bits per heavy atom. The van der Waals surface area contributed by atoms with Crippen molar-refractivity contribution in [2.75, 3.05) is 39.0 Å². The monoisotopic (exact) mass is 291 g/mol. The number of piperidine rings is 1. The van der Waals surface area contributed by atoms with E-state index in [0.29, 0.717) is 12.6 Å². The van der Waals surface area contributed by atoms with Crippen molar-refractivity contribution >= 4 is 11.6 Å². The molecule has 1 amide bonds. The molecule has 1 heterocycles. The first-order valence-electron chi connectivity index (χ1n) is 7.97. The van der Waals surface area contributed by atoms with Gasteiger partial charge in [0.25, 0.3) is 5.91 Å². The minimum atomic E-state index is 0.121. The van der Waals surface area contributed by atoms with Crippen LogP contribution in [0.4, 0.5) is 5.69 Å². The molecule has 0 spiro atoms. The summed E-state index contributed by atoms with van der Waals surface area (Å²) in [5, 5.41) is 3.09. The molecule has 3 N–H and O–H groups in total. The van der Waals surface area contributed by atoms with Crippen LogP contribution in [0.1, 0.15) is 24.0 Å². The summed E-state index contributed by atoms with van der Waals surface area (Å²) in [4.78, 5) is 15.2. The summed E-state index contributed by atoms with van der Waals surface area (Å²) in [5.74, 6) is 0.121. The van der Waals surface area contributed by atoms with Crippen LogP contribution in [-0.4, -0.2) is 45.7 Å². The lowest BCUT2D eigenvalue weighted by molar-refractivity contribution is -0.935. The van der Waals surface area contributed by atoms with E-state index in [1.807, 2.05) is 32.0 Å². The molecule has 0 saturated carbocycles. The number of nitrogens with one attached hydrogen (secondary N) is 3. The Balaban J connectivity index is 1.89. The number of likely N-dealkylation sites (N-methyl/N-ethyl adjacent to an activating group) is 1. The SMILES string of the molecule is Cc1cccc(C)c1NC(=O)C[NH+](C)C1CC[NH+](C)CC1. The quantitative estimate of drug-likeness (QED) is 0.683. The van der Waals surface area contributed by atoms with Crippen LogP contribution in [0.25, 0.3) is 0 Å². The maximum atomic E-state index is 12.3. The summed E-state index contributed by atoms with van der Waals surface area (Å²) in [5.41, 5.74) is 3.23. The third-order valence-electron chi connectivity index (χ3n) is 4.72. The van der Waals surface area contributed by atoms with Gasteiger partial charge in [-0.2, -0.15) is 0 Å². The van der Waals surface area contributed by atoms with Crippen LogP contribution in [0.15, 0.2) is 18.2 Å². The molecule has 1 atom stereocenters. The Morgan fingerprint density at radius 1 is 1.29 bits per heavy atom. The fourth-order valence-electron chi connectivity index (χ4n) is 3.20. The van der Waals surface area contributed by atoms with Crippen LogP contribution < -0.4 is 15.1 Å². The van der Waals surface area contributed by atoms with E-state index < -0.39 is 0 Å². The molecule has 1 unspecified atom stereocenters. The van der Waals surface area contributed by atoms with Gasteiger partial charge in [-0.05, 0) is 25.0 Å². The molecule has 1 aromatic rings. The maximum Gasteiger partial charge on any atom is 0.279 e. The summed E-state index contributed by atoms with van der Waals surface area (Å²) in [6.45, 7) is 7.08. The molecule has 0 bridgehead atoms. The average Bonchev–Trinajstić information content (AvgIpc) is 2.43. The summed E-state index contributed by atoms with van der Waals surface area (Å²) in [6.07, 6.45) is 2.43. The van der Waals surface area contributed by atoms with Crippen molar-refractivity contribution in [1.82, 2.24) is 0 Å².